The molecule has 0 radical (unpaired) electrons. The lowest BCUT2D eigenvalue weighted by molar-refractivity contribution is -0.138. The van der Waals surface area contributed by atoms with Crippen molar-refractivity contribution in [3.63, 3.8) is 0 Å². The maximum Gasteiger partial charge on any atom is 0.255 e. The summed E-state index contributed by atoms with van der Waals surface area (Å²) < 4.78 is 458. The zero-order valence-electron chi connectivity index (χ0n) is 115. The van der Waals surface area contributed by atoms with Gasteiger partial charge in [-0.3, -0.25) is 138 Å². The van der Waals surface area contributed by atoms with E-state index in [0.717, 1.165) is 17.0 Å². The number of hydrogen-bond donors (Lipinski definition) is 14. The summed E-state index contributed by atoms with van der Waals surface area (Å²) in [5.74, 6) is -38.0. The molecule has 0 unspecified atom stereocenters. The molecule has 7 aromatic carbocycles. The lowest BCUT2D eigenvalue weighted by atomic mass is 10.0. The highest BCUT2D eigenvalue weighted by Gasteiger charge is 2.49. The number of imide groups is 7. The number of nitrogens with zero attached hydrogens (tertiary/aromatic N) is 7. The standard InChI is InChI=1S/7C13H12FN3O3/c7*14-6-3-7-8(9(15)4-6)5-17(13(7)20)10-1-2-11(18)16-12(10)19/h7*3-4,10H,1-2,5,15H2,(H,16,18,19)/t7*10-/m1111000/s1/i1D2,3D,4D,5D2,10D;1D2,2D2,3D,4D,5D2;2*1D2,2D2,3D,4D;1D2,3D,4D,5D2,10D;1D2,2D2,3D,4D,5D2;1D2,2D2. The molecule has 0 aromatic heterocycles. The average Bonchev–Trinajstić information content (AvgIpc) is 1.52. The summed E-state index contributed by atoms with van der Waals surface area (Å²) >= 11 is 0. The number of carbonyl (C=O) groups is 21. The van der Waals surface area contributed by atoms with Crippen LogP contribution in [0.15, 0.2) is 84.6 Å². The average molecular weight is 1990 g/mol. The number of nitrogens with one attached hydrogen (secondary N) is 7. The minimum absolute atomic E-state index is 0.00938. The van der Waals surface area contributed by atoms with Gasteiger partial charge in [-0.1, -0.05) is 0 Å². The molecule has 21 amide bonds. The van der Waals surface area contributed by atoms with E-state index in [2.05, 4.69) is 0 Å². The third kappa shape index (κ3) is 19.6. The van der Waals surface area contributed by atoms with Crippen LogP contribution in [0, 0.1) is 40.7 Å². The molecule has 0 bridgehead atoms. The van der Waals surface area contributed by atoms with E-state index in [1.54, 1.807) is 37.2 Å². The van der Waals surface area contributed by atoms with Gasteiger partial charge in [0.05, 0.1) is 30.2 Å². The Bertz CT molecular complexity index is 8820. The van der Waals surface area contributed by atoms with Crippen LogP contribution in [0.2, 0.25) is 0 Å². The highest BCUT2D eigenvalue weighted by molar-refractivity contribution is 6.13. The molecule has 49 heteroatoms. The lowest BCUT2D eigenvalue weighted by Crippen LogP contribution is -2.52. The molecule has 7 aromatic rings. The molecule has 7 saturated heterocycles. The Kier molecular flexibility index (Phi) is 15.2. The Labute approximate surface area is 849 Å². The molecule has 14 aliphatic heterocycles. The van der Waals surface area contributed by atoms with Crippen molar-refractivity contribution in [3.8, 4) is 0 Å². The van der Waals surface area contributed by atoms with E-state index in [1.165, 1.54) is 0 Å². The van der Waals surface area contributed by atoms with Gasteiger partial charge in [0.25, 0.3) is 41.4 Å². The number of nitrogen functional groups attached to an aromatic ring is 7. The molecule has 0 spiro atoms. The first-order chi connectivity index (χ1) is 84.2. The Morgan fingerprint density at radius 3 is 0.714 bits per heavy atom. The van der Waals surface area contributed by atoms with E-state index in [4.69, 9.17) is 103 Å². The van der Waals surface area contributed by atoms with Crippen molar-refractivity contribution >= 4 is 164 Å². The summed E-state index contributed by atoms with van der Waals surface area (Å²) in [6, 6.07) is -27.8. The van der Waals surface area contributed by atoms with Crippen molar-refractivity contribution < 1.29 is 194 Å². The van der Waals surface area contributed by atoms with Gasteiger partial charge in [0.2, 0.25) is 82.7 Å². The predicted octanol–water partition coefficient (Wildman–Crippen LogP) is 1.18. The fourth-order valence-corrected chi connectivity index (χ4v) is 14.0. The van der Waals surface area contributed by atoms with Gasteiger partial charge in [0.15, 0.2) is 0 Å². The van der Waals surface area contributed by atoms with Crippen LogP contribution in [-0.2, 0) is 113 Å². The van der Waals surface area contributed by atoms with Gasteiger partial charge >= 0.3 is 0 Å². The summed E-state index contributed by atoms with van der Waals surface area (Å²) in [5, 5.41) is 11.5. The molecule has 14 heterocycles. The monoisotopic (exact) mass is 1990 g/mol. The zero-order valence-corrected chi connectivity index (χ0v) is 69.0. The lowest BCUT2D eigenvalue weighted by Gasteiger charge is -2.29. The predicted molar refractivity (Wildman–Crippen MR) is 468 cm³/mol. The maximum absolute atomic E-state index is 14.0. The summed E-state index contributed by atoms with van der Waals surface area (Å²) in [7, 11) is 0. The number of halogens is 7. The number of piperidine rings is 7. The van der Waals surface area contributed by atoms with E-state index in [0.29, 0.717) is 9.80 Å². The zero-order chi connectivity index (χ0) is 142. The molecule has 0 aliphatic carbocycles. The fourth-order valence-electron chi connectivity index (χ4n) is 14.0. The molecule has 7 atom stereocenters. The van der Waals surface area contributed by atoms with Crippen LogP contribution >= 0.6 is 0 Å². The third-order valence-corrected chi connectivity index (χ3v) is 20.2. The van der Waals surface area contributed by atoms with Crippen molar-refractivity contribution in [2.24, 2.45) is 0 Å². The number of carbonyl (C=O) groups excluding carboxylic acids is 21. The Morgan fingerprint density at radius 1 is 0.243 bits per heavy atom. The van der Waals surface area contributed by atoms with Gasteiger partial charge in [-0.15, -0.1) is 0 Å². The SMILES string of the molecule is [2H]C1([2H])C(=O)NC(=O)[C@@H](N2Cc3c(N)cc(F)cc3C2=O)C1([2H])[2H].[2H]c1c(N)c2c(c([2H])c1F)C(=O)N([C@@H]1C(=O)NC(=O)C([2H])([2H])C1([2H])[2H])C2([2H])[2H].[2H]c1c(N)c2c(c([2H])c1F)C(=O)N([C@@]1([2H])C(=O)NC(=O)CC1([2H])[2H])C2([2H])[2H].[2H]c1c(N)c2c(c([2H])c1F)C(=O)N([C@H]1C(=O)NC(=O)C([2H])([2H])C1([2H])[2H])C2.[2H]c1c(N)c2c(c([2H])c1F)C(=O)N([C@H]1C(=O)NC(=O)C([2H])([2H])C1([2H])[2H])C2.[2H]c1c(N)c2c(c([2H])c1F)C(=O)N([C@H]1C(=O)NC(=O)C([2H])([2H])C1([2H])[2H])C2([2H])[2H].[2H]c1c(N)c2c(c([2H])c1F)C(=O)N([C@]1([2H])C(=O)NC(=O)CC1([2H])[2H])C2([2H])[2H]. The molecule has 21 N–H and O–H groups in total. The van der Waals surface area contributed by atoms with Gasteiger partial charge < -0.3 is 74.4 Å². The molecule has 42 nitrogen and oxygen atoms in total. The number of amides is 21. The molecular weight excluding hydrogens is 1860 g/mol. The molecule has 14 aliphatic rings. The minimum Gasteiger partial charge on any atom is -0.398 e. The number of hydrogen-bond acceptors (Lipinski definition) is 28. The Morgan fingerprint density at radius 2 is 0.450 bits per heavy atom. The first-order valence-corrected chi connectivity index (χ1v) is 38.5. The first kappa shape index (κ1) is 54.6. The number of fused-ring (bicyclic) bond motifs is 7. The normalized spacial score (nSPS) is 33.5. The van der Waals surface area contributed by atoms with Gasteiger partial charge in [-0.05, 0) is 129 Å². The number of anilines is 7. The van der Waals surface area contributed by atoms with Crippen molar-refractivity contribution in [3.05, 3.63) is 203 Å². The largest absolute Gasteiger partial charge is 0.398 e. The van der Waals surface area contributed by atoms with Gasteiger partial charge in [0, 0.05) is 241 Å². The fraction of sp³-hybridized carbons (Fsp3) is 0.308. The Hall–Kier alpha value is -17.1. The van der Waals surface area contributed by atoms with Crippen molar-refractivity contribution in [2.45, 2.75) is 177 Å². The molecule has 21 rings (SSSR count). The van der Waals surface area contributed by atoms with Crippen LogP contribution in [0.5, 0.6) is 0 Å². The van der Waals surface area contributed by atoms with E-state index >= 15 is 0 Å². The van der Waals surface area contributed by atoms with Crippen LogP contribution in [0.3, 0.4) is 0 Å². The van der Waals surface area contributed by atoms with Crippen LogP contribution in [0.4, 0.5) is 70.5 Å². The molecule has 7 fully saturated rings. The minimum atomic E-state index is -3.38. The summed E-state index contributed by atoms with van der Waals surface area (Å²) in [6.07, 6.45) is -39.9. The maximum atomic E-state index is 14.0. The Balaban J connectivity index is 0.000000157. The second-order valence-electron chi connectivity index (χ2n) is 29.1. The molecule has 0 saturated carbocycles. The van der Waals surface area contributed by atoms with Gasteiger partial charge in [-0.2, -0.15) is 0 Å². The summed E-state index contributed by atoms with van der Waals surface area (Å²) in [6.45, 7) is -13.8. The van der Waals surface area contributed by atoms with Crippen LogP contribution in [0.1, 0.15) is 264 Å². The van der Waals surface area contributed by atoms with Crippen LogP contribution in [0.25, 0.3) is 0 Å². The number of rotatable bonds is 7. The van der Waals surface area contributed by atoms with E-state index in [1.807, 2.05) is 0 Å². The molecular formula is C91H84F7N21O21. The van der Waals surface area contributed by atoms with Crippen molar-refractivity contribution in [1.82, 2.24) is 71.5 Å². The van der Waals surface area contributed by atoms with Crippen molar-refractivity contribution in [1.29, 1.82) is 0 Å². The van der Waals surface area contributed by atoms with Crippen LogP contribution in [-0.4, -0.2) is 201 Å². The second-order valence-corrected chi connectivity index (χ2v) is 29.1. The number of benzene rings is 7. The van der Waals surface area contributed by atoms with Crippen molar-refractivity contribution in [2.75, 3.05) is 40.1 Å². The first-order valence-electron chi connectivity index (χ1n) is 61.5. The summed E-state index contributed by atoms with van der Waals surface area (Å²) in [4.78, 5) is 257. The molecule has 140 heavy (non-hydrogen) atoms. The smallest absolute Gasteiger partial charge is 0.255 e. The highest BCUT2D eigenvalue weighted by atomic mass is 19.2. The molecule has 728 valence electrons. The third-order valence-electron chi connectivity index (χ3n) is 20.2. The van der Waals surface area contributed by atoms with E-state index < -0.39 is 498 Å². The highest BCUT2D eigenvalue weighted by Crippen LogP contribution is 2.40. The van der Waals surface area contributed by atoms with E-state index in [-0.39, 0.29) is 54.1 Å². The topological polar surface area (TPSA) is 648 Å². The van der Waals surface area contributed by atoms with Gasteiger partial charge in [-0.25, -0.2) is 30.7 Å². The van der Waals surface area contributed by atoms with E-state index in [9.17, 15) is 131 Å². The van der Waals surface area contributed by atoms with Crippen LogP contribution < -0.4 is 77.4 Å². The number of nitrogens with two attached hydrogens (primary N) is 7. The van der Waals surface area contributed by atoms with Gasteiger partial charge in [0.1, 0.15) is 83.0 Å². The second kappa shape index (κ2) is 39.0. The summed E-state index contributed by atoms with van der Waals surface area (Å²) in [5.41, 5.74) is 27.0. The quantitative estimate of drug-likeness (QED) is 0.0605.